The normalized spacial score (nSPS) is 15.3. The number of hydrogen-bond acceptors (Lipinski definition) is 10. The van der Waals surface area contributed by atoms with Crippen LogP contribution in [0.4, 0.5) is 4.79 Å². The monoisotopic (exact) mass is 630 g/mol. The van der Waals surface area contributed by atoms with Gasteiger partial charge in [-0.3, -0.25) is 5.43 Å². The lowest BCUT2D eigenvalue weighted by molar-refractivity contribution is -0.136. The van der Waals surface area contributed by atoms with Crippen LogP contribution in [0.3, 0.4) is 0 Å². The van der Waals surface area contributed by atoms with Crippen LogP contribution in [0.1, 0.15) is 31.0 Å². The molecule has 0 spiro atoms. The fourth-order valence-corrected chi connectivity index (χ4v) is 4.28. The molecular weight excluding hydrogens is 600 g/mol. The van der Waals surface area contributed by atoms with Crippen LogP contribution < -0.4 is 35.0 Å². The Bertz CT molecular complexity index is 1370. The van der Waals surface area contributed by atoms with E-state index in [0.717, 1.165) is 0 Å². The number of esters is 1. The zero-order chi connectivity index (χ0) is 29.9. The van der Waals surface area contributed by atoms with Crippen molar-refractivity contribution < 1.29 is 38.4 Å². The number of hydrogen-bond donors (Lipinski definition) is 4. The minimum atomic E-state index is -1.17. The second kappa shape index (κ2) is 14.8. The second-order valence-electron chi connectivity index (χ2n) is 8.43. The number of urea groups is 1. The molecule has 0 radical (unpaired) electrons. The molecule has 0 saturated heterocycles. The highest BCUT2D eigenvalue weighted by Crippen LogP contribution is 2.35. The van der Waals surface area contributed by atoms with Crippen molar-refractivity contribution in [3.63, 3.8) is 0 Å². The highest BCUT2D eigenvalue weighted by molar-refractivity contribution is 9.10. The third kappa shape index (κ3) is 8.06. The number of methoxy groups -OCH3 is 2. The molecule has 0 fully saturated rings. The van der Waals surface area contributed by atoms with Gasteiger partial charge < -0.3 is 39.4 Å². The van der Waals surface area contributed by atoms with Crippen LogP contribution in [0.5, 0.6) is 23.0 Å². The Balaban J connectivity index is 1.69. The van der Waals surface area contributed by atoms with Crippen molar-refractivity contribution >= 4 is 34.1 Å². The third-order valence-electron chi connectivity index (χ3n) is 5.69. The average Bonchev–Trinajstić information content (AvgIpc) is 2.95. The summed E-state index contributed by atoms with van der Waals surface area (Å²) in [6.45, 7) is 3.68. The van der Waals surface area contributed by atoms with E-state index in [9.17, 15) is 14.7 Å². The molecule has 0 bridgehead atoms. The number of benzene rings is 2. The molecule has 1 aliphatic heterocycles. The summed E-state index contributed by atoms with van der Waals surface area (Å²) in [5.74, 6) is 3.47. The van der Waals surface area contributed by atoms with Crippen LogP contribution in [0.15, 0.2) is 51.2 Å². The van der Waals surface area contributed by atoms with Crippen molar-refractivity contribution in [3.8, 4) is 35.3 Å². The summed E-state index contributed by atoms with van der Waals surface area (Å²) in [5.41, 5.74) is 4.48. The first-order valence-corrected chi connectivity index (χ1v) is 13.2. The number of aliphatic hydroxyl groups excluding tert-OH is 1. The Labute approximate surface area is 246 Å². The number of hydrazone groups is 1. The molecule has 2 atom stereocenters. The number of nitrogens with one attached hydrogen (secondary N) is 3. The van der Waals surface area contributed by atoms with Crippen LogP contribution >= 0.6 is 15.9 Å². The lowest BCUT2D eigenvalue weighted by atomic mass is 9.95. The Morgan fingerprint density at radius 2 is 1.95 bits per heavy atom. The largest absolute Gasteiger partial charge is 0.493 e. The molecule has 41 heavy (non-hydrogen) atoms. The molecule has 0 saturated carbocycles. The predicted octanol–water partition coefficient (Wildman–Crippen LogP) is 2.99. The number of terminal acetylenes is 1. The van der Waals surface area contributed by atoms with E-state index in [1.165, 1.54) is 20.4 Å². The van der Waals surface area contributed by atoms with Gasteiger partial charge in [0, 0.05) is 15.7 Å². The maximum atomic E-state index is 12.4. The first kappa shape index (κ1) is 31.1. The van der Waals surface area contributed by atoms with Crippen LogP contribution in [0, 0.1) is 12.3 Å². The zero-order valence-electron chi connectivity index (χ0n) is 22.9. The molecule has 0 aliphatic carbocycles. The van der Waals surface area contributed by atoms with Crippen molar-refractivity contribution in [2.45, 2.75) is 26.1 Å². The molecule has 4 N–H and O–H groups in total. The summed E-state index contributed by atoms with van der Waals surface area (Å²) in [5, 5.41) is 19.8. The number of rotatable bonds is 13. The number of halogens is 1. The number of ether oxygens (including phenoxy) is 5. The summed E-state index contributed by atoms with van der Waals surface area (Å²) < 4.78 is 27.9. The minimum Gasteiger partial charge on any atom is -0.493 e. The van der Waals surface area contributed by atoms with E-state index in [1.54, 1.807) is 44.2 Å². The van der Waals surface area contributed by atoms with Gasteiger partial charge in [-0.25, -0.2) is 9.59 Å². The summed E-state index contributed by atoms with van der Waals surface area (Å²) in [6, 6.07) is 7.16. The van der Waals surface area contributed by atoms with Gasteiger partial charge in [-0.15, -0.1) is 6.42 Å². The SMILES string of the molecule is C#CCOc1cc(Br)c(/C=N\N[C@@H](O)COc2ccc([C@H]3NC(=O)NC(C)=C3C(=O)OC)cc2OCC)cc1OC. The number of amides is 2. The second-order valence-corrected chi connectivity index (χ2v) is 9.29. The molecule has 2 amide bonds. The van der Waals surface area contributed by atoms with E-state index in [-0.39, 0.29) is 18.8 Å². The molecule has 0 aromatic heterocycles. The molecular formula is C28H31BrN4O8. The third-order valence-corrected chi connectivity index (χ3v) is 6.38. The van der Waals surface area contributed by atoms with E-state index < -0.39 is 24.3 Å². The molecule has 218 valence electrons. The molecule has 2 aromatic carbocycles. The van der Waals surface area contributed by atoms with Crippen molar-refractivity contribution in [2.24, 2.45) is 5.10 Å². The van der Waals surface area contributed by atoms with Crippen molar-refractivity contribution in [2.75, 3.05) is 34.0 Å². The smallest absolute Gasteiger partial charge is 0.337 e. The molecule has 2 aromatic rings. The number of aliphatic hydroxyl groups is 1. The van der Waals surface area contributed by atoms with Crippen LogP contribution in [0.25, 0.3) is 0 Å². The Morgan fingerprint density at radius 3 is 2.63 bits per heavy atom. The summed E-state index contributed by atoms with van der Waals surface area (Å²) >= 11 is 3.45. The first-order chi connectivity index (χ1) is 19.7. The molecule has 12 nitrogen and oxygen atoms in total. The number of carbonyl (C=O) groups is 2. The Morgan fingerprint density at radius 1 is 1.20 bits per heavy atom. The predicted molar refractivity (Wildman–Crippen MR) is 154 cm³/mol. The Hall–Kier alpha value is -4.41. The number of allylic oxidation sites excluding steroid dienone is 1. The van der Waals surface area contributed by atoms with Gasteiger partial charge in [0.2, 0.25) is 0 Å². The van der Waals surface area contributed by atoms with Gasteiger partial charge in [-0.05, 0) is 59.6 Å². The fourth-order valence-electron chi connectivity index (χ4n) is 3.86. The van der Waals surface area contributed by atoms with Crippen LogP contribution in [-0.4, -0.2) is 63.6 Å². The molecule has 0 unspecified atom stereocenters. The van der Waals surface area contributed by atoms with E-state index >= 15 is 0 Å². The van der Waals surface area contributed by atoms with E-state index in [1.807, 2.05) is 0 Å². The molecule has 3 rings (SSSR count). The van der Waals surface area contributed by atoms with Gasteiger partial charge >= 0.3 is 12.0 Å². The minimum absolute atomic E-state index is 0.0948. The van der Waals surface area contributed by atoms with Gasteiger partial charge in [0.1, 0.15) is 13.2 Å². The molecule has 13 heteroatoms. The average molecular weight is 631 g/mol. The lowest BCUT2D eigenvalue weighted by Crippen LogP contribution is -2.45. The van der Waals surface area contributed by atoms with Crippen molar-refractivity contribution in [1.82, 2.24) is 16.1 Å². The summed E-state index contributed by atoms with van der Waals surface area (Å²) in [7, 11) is 2.78. The van der Waals surface area contributed by atoms with Crippen LogP contribution in [-0.2, 0) is 9.53 Å². The quantitative estimate of drug-likeness (QED) is 0.0861. The van der Waals surface area contributed by atoms with E-state index in [4.69, 9.17) is 30.1 Å². The van der Waals surface area contributed by atoms with Gasteiger partial charge in [-0.1, -0.05) is 12.0 Å². The lowest BCUT2D eigenvalue weighted by Gasteiger charge is -2.28. The standard InChI is InChI=1S/C28H31BrN4O8/c1-6-10-40-23-13-19(29)18(12-21(23)37-4)14-30-33-24(34)15-41-20-9-8-17(11-22(20)39-7-2)26-25(27(35)38-5)16(3)31-28(36)32-26/h1,8-9,11-14,24,26,33-34H,7,10,15H2,2-5H3,(H2,31,32,36)/b30-14-/t24-,26+/m0/s1. The first-order valence-electron chi connectivity index (χ1n) is 12.4. The highest BCUT2D eigenvalue weighted by atomic mass is 79.9. The van der Waals surface area contributed by atoms with E-state index in [2.05, 4.69) is 43.0 Å². The van der Waals surface area contributed by atoms with Gasteiger partial charge in [0.25, 0.3) is 0 Å². The Kier molecular flexibility index (Phi) is 11.3. The molecule has 1 heterocycles. The summed E-state index contributed by atoms with van der Waals surface area (Å²) in [4.78, 5) is 24.5. The topological polar surface area (TPSA) is 149 Å². The van der Waals surface area contributed by atoms with Gasteiger partial charge in [-0.2, -0.15) is 5.10 Å². The maximum Gasteiger partial charge on any atom is 0.337 e. The number of nitrogens with zero attached hydrogens (tertiary/aromatic N) is 1. The summed E-state index contributed by atoms with van der Waals surface area (Å²) in [6.07, 6.45) is 5.57. The van der Waals surface area contributed by atoms with Crippen molar-refractivity contribution in [1.29, 1.82) is 0 Å². The van der Waals surface area contributed by atoms with E-state index in [0.29, 0.717) is 50.9 Å². The van der Waals surface area contributed by atoms with Gasteiger partial charge in [0.15, 0.2) is 29.2 Å². The van der Waals surface area contributed by atoms with Crippen LogP contribution in [0.2, 0.25) is 0 Å². The number of carbonyl (C=O) groups excluding carboxylic acids is 2. The van der Waals surface area contributed by atoms with Crippen molar-refractivity contribution in [3.05, 3.63) is 57.2 Å². The maximum absolute atomic E-state index is 12.4. The van der Waals surface area contributed by atoms with Gasteiger partial charge in [0.05, 0.1) is 38.7 Å². The molecule has 1 aliphatic rings. The fraction of sp³-hybridized carbons (Fsp3) is 0.321. The zero-order valence-corrected chi connectivity index (χ0v) is 24.5. The highest BCUT2D eigenvalue weighted by Gasteiger charge is 2.32.